The van der Waals surface area contributed by atoms with Crippen molar-refractivity contribution < 1.29 is 13.2 Å². The number of anilines is 1. The van der Waals surface area contributed by atoms with Crippen molar-refractivity contribution in [2.75, 3.05) is 29.5 Å². The van der Waals surface area contributed by atoms with Crippen molar-refractivity contribution in [3.63, 3.8) is 0 Å². The minimum Gasteiger partial charge on any atom is -0.370 e. The second-order valence-electron chi connectivity index (χ2n) is 6.67. The summed E-state index contributed by atoms with van der Waals surface area (Å²) in [5, 5.41) is 2.81. The fourth-order valence-corrected chi connectivity index (χ4v) is 4.84. The number of hydrogen-bond acceptors (Lipinski definition) is 5. The maximum atomic E-state index is 12.3. The summed E-state index contributed by atoms with van der Waals surface area (Å²) >= 11 is 0. The monoisotopic (exact) mass is 337 g/mol. The average molecular weight is 337 g/mol. The van der Waals surface area contributed by atoms with Crippen LogP contribution in [0.15, 0.2) is 18.5 Å². The van der Waals surface area contributed by atoms with Gasteiger partial charge in [-0.3, -0.25) is 9.78 Å². The first kappa shape index (κ1) is 16.2. The van der Waals surface area contributed by atoms with E-state index in [1.807, 2.05) is 6.07 Å². The van der Waals surface area contributed by atoms with Crippen LogP contribution in [0, 0.1) is 5.92 Å². The first-order valence-electron chi connectivity index (χ1n) is 8.14. The molecule has 3 heterocycles. The van der Waals surface area contributed by atoms with Crippen LogP contribution in [0.25, 0.3) is 0 Å². The quantitative estimate of drug-likeness (QED) is 0.897. The Morgan fingerprint density at radius 2 is 2.00 bits per heavy atom. The Morgan fingerprint density at radius 1 is 1.26 bits per heavy atom. The molecule has 1 aromatic heterocycles. The second-order valence-corrected chi connectivity index (χ2v) is 8.90. The van der Waals surface area contributed by atoms with Gasteiger partial charge >= 0.3 is 0 Å². The molecule has 23 heavy (non-hydrogen) atoms. The summed E-state index contributed by atoms with van der Waals surface area (Å²) in [5.74, 6) is 0.694. The van der Waals surface area contributed by atoms with Crippen LogP contribution in [-0.2, 0) is 9.84 Å². The number of carbonyl (C=O) groups excluding carboxylic acids is 1. The highest BCUT2D eigenvalue weighted by atomic mass is 32.2. The molecule has 1 amide bonds. The smallest absolute Gasteiger partial charge is 0.253 e. The highest BCUT2D eigenvalue weighted by Gasteiger charge is 2.29. The van der Waals surface area contributed by atoms with E-state index in [0.29, 0.717) is 12.0 Å². The molecular weight excluding hydrogens is 314 g/mol. The van der Waals surface area contributed by atoms with Crippen LogP contribution in [0.2, 0.25) is 0 Å². The summed E-state index contributed by atoms with van der Waals surface area (Å²) in [6.45, 7) is 4.22. The van der Waals surface area contributed by atoms with Gasteiger partial charge < -0.3 is 10.2 Å². The molecule has 0 saturated carbocycles. The first-order chi connectivity index (χ1) is 10.9. The van der Waals surface area contributed by atoms with E-state index in [9.17, 15) is 13.2 Å². The minimum atomic E-state index is -2.99. The fraction of sp³-hybridized carbons (Fsp3) is 0.625. The van der Waals surface area contributed by atoms with E-state index in [0.717, 1.165) is 37.5 Å². The number of carbonyl (C=O) groups is 1. The van der Waals surface area contributed by atoms with Crippen LogP contribution in [0.1, 0.15) is 36.5 Å². The molecular formula is C16H23N3O3S. The number of hydrogen-bond donors (Lipinski definition) is 1. The molecule has 0 aromatic carbocycles. The van der Waals surface area contributed by atoms with E-state index < -0.39 is 9.84 Å². The lowest BCUT2D eigenvalue weighted by atomic mass is 9.99. The van der Waals surface area contributed by atoms with Gasteiger partial charge in [0.25, 0.3) is 5.91 Å². The minimum absolute atomic E-state index is 0.0376. The largest absolute Gasteiger partial charge is 0.370 e. The summed E-state index contributed by atoms with van der Waals surface area (Å²) in [6, 6.07) is 1.56. The SMILES string of the molecule is CC1CCN(c2cncc(C(=O)NC3CCS(=O)(=O)C3)c2)CC1. The molecule has 2 fully saturated rings. The van der Waals surface area contributed by atoms with Crippen molar-refractivity contribution in [1.29, 1.82) is 0 Å². The molecule has 0 bridgehead atoms. The van der Waals surface area contributed by atoms with Crippen LogP contribution in [0.4, 0.5) is 5.69 Å². The van der Waals surface area contributed by atoms with Gasteiger partial charge in [-0.15, -0.1) is 0 Å². The van der Waals surface area contributed by atoms with Crippen molar-refractivity contribution in [3.05, 3.63) is 24.0 Å². The lowest BCUT2D eigenvalue weighted by Crippen LogP contribution is -2.36. The van der Waals surface area contributed by atoms with Crippen LogP contribution in [0.5, 0.6) is 0 Å². The summed E-state index contributed by atoms with van der Waals surface area (Å²) in [4.78, 5) is 18.8. The van der Waals surface area contributed by atoms with E-state index in [1.165, 1.54) is 6.20 Å². The van der Waals surface area contributed by atoms with Crippen LogP contribution >= 0.6 is 0 Å². The average Bonchev–Trinajstić information content (AvgIpc) is 2.87. The molecule has 1 aromatic rings. The normalized spacial score (nSPS) is 24.6. The number of aromatic nitrogens is 1. The molecule has 2 saturated heterocycles. The standard InChI is InChI=1S/C16H23N3O3S/c1-12-2-5-19(6-3-12)15-8-13(9-17-10-15)16(20)18-14-4-7-23(21,22)11-14/h8-10,12,14H,2-7,11H2,1H3,(H,18,20). The lowest BCUT2D eigenvalue weighted by molar-refractivity contribution is 0.0941. The molecule has 0 spiro atoms. The highest BCUT2D eigenvalue weighted by Crippen LogP contribution is 2.23. The zero-order chi connectivity index (χ0) is 16.4. The van der Waals surface area contributed by atoms with E-state index in [2.05, 4.69) is 22.1 Å². The number of pyridine rings is 1. The van der Waals surface area contributed by atoms with Crippen molar-refractivity contribution in [3.8, 4) is 0 Å². The number of nitrogens with one attached hydrogen (secondary N) is 1. The van der Waals surface area contributed by atoms with E-state index in [1.54, 1.807) is 6.20 Å². The van der Waals surface area contributed by atoms with Gasteiger partial charge in [-0.25, -0.2) is 8.42 Å². The van der Waals surface area contributed by atoms with Gasteiger partial charge in [-0.1, -0.05) is 6.92 Å². The zero-order valence-corrected chi connectivity index (χ0v) is 14.2. The molecule has 1 N–H and O–H groups in total. The number of rotatable bonds is 3. The number of nitrogens with zero attached hydrogens (tertiary/aromatic N) is 2. The number of piperidine rings is 1. The Kier molecular flexibility index (Phi) is 4.57. The Bertz CT molecular complexity index is 682. The molecule has 1 atom stereocenters. The number of sulfone groups is 1. The van der Waals surface area contributed by atoms with Crippen molar-refractivity contribution in [1.82, 2.24) is 10.3 Å². The Balaban J connectivity index is 1.66. The van der Waals surface area contributed by atoms with Gasteiger partial charge in [-0.2, -0.15) is 0 Å². The van der Waals surface area contributed by atoms with Crippen LogP contribution in [0.3, 0.4) is 0 Å². The maximum absolute atomic E-state index is 12.3. The third kappa shape index (κ3) is 4.02. The third-order valence-electron chi connectivity index (χ3n) is 4.70. The predicted molar refractivity (Wildman–Crippen MR) is 89.4 cm³/mol. The molecule has 2 aliphatic rings. The highest BCUT2D eigenvalue weighted by molar-refractivity contribution is 7.91. The Hall–Kier alpha value is -1.63. The van der Waals surface area contributed by atoms with Gasteiger partial charge in [0, 0.05) is 25.3 Å². The molecule has 0 radical (unpaired) electrons. The fourth-order valence-electron chi connectivity index (χ4n) is 3.17. The van der Waals surface area contributed by atoms with E-state index in [4.69, 9.17) is 0 Å². The van der Waals surface area contributed by atoms with Gasteiger partial charge in [0.2, 0.25) is 0 Å². The summed E-state index contributed by atoms with van der Waals surface area (Å²) in [5.41, 5.74) is 1.45. The lowest BCUT2D eigenvalue weighted by Gasteiger charge is -2.32. The van der Waals surface area contributed by atoms with Crippen LogP contribution in [-0.4, -0.2) is 49.9 Å². The Morgan fingerprint density at radius 3 is 2.65 bits per heavy atom. The van der Waals surface area contributed by atoms with E-state index in [-0.39, 0.29) is 23.5 Å². The molecule has 0 aliphatic carbocycles. The topological polar surface area (TPSA) is 79.4 Å². The first-order valence-corrected chi connectivity index (χ1v) is 9.96. The van der Waals surface area contributed by atoms with E-state index >= 15 is 0 Å². The van der Waals surface area contributed by atoms with Crippen molar-refractivity contribution in [2.24, 2.45) is 5.92 Å². The molecule has 7 heteroatoms. The second kappa shape index (κ2) is 6.47. The molecule has 6 nitrogen and oxygen atoms in total. The van der Waals surface area contributed by atoms with Gasteiger partial charge in [0.1, 0.15) is 0 Å². The number of amides is 1. The summed E-state index contributed by atoms with van der Waals surface area (Å²) in [7, 11) is -2.99. The molecule has 1 unspecified atom stereocenters. The summed E-state index contributed by atoms with van der Waals surface area (Å²) < 4.78 is 23.0. The van der Waals surface area contributed by atoms with Crippen LogP contribution < -0.4 is 10.2 Å². The molecule has 3 rings (SSSR count). The predicted octanol–water partition coefficient (Wildman–Crippen LogP) is 1.23. The van der Waals surface area contributed by atoms with Gasteiger partial charge in [0.15, 0.2) is 9.84 Å². The van der Waals surface area contributed by atoms with Crippen molar-refractivity contribution in [2.45, 2.75) is 32.2 Å². The third-order valence-corrected chi connectivity index (χ3v) is 6.47. The molecule has 126 valence electrons. The Labute approximate surface area is 137 Å². The maximum Gasteiger partial charge on any atom is 0.253 e. The van der Waals surface area contributed by atoms with Crippen molar-refractivity contribution >= 4 is 21.4 Å². The summed E-state index contributed by atoms with van der Waals surface area (Å²) in [6.07, 6.45) is 6.11. The van der Waals surface area contributed by atoms with Gasteiger partial charge in [-0.05, 0) is 31.2 Å². The van der Waals surface area contributed by atoms with Gasteiger partial charge in [0.05, 0.1) is 29.0 Å². The zero-order valence-electron chi connectivity index (χ0n) is 13.4. The molecule has 2 aliphatic heterocycles.